The summed E-state index contributed by atoms with van der Waals surface area (Å²) in [6.07, 6.45) is 4.66. The van der Waals surface area contributed by atoms with Gasteiger partial charge < -0.3 is 30.3 Å². The normalized spacial score (nSPS) is 21.2. The second kappa shape index (κ2) is 9.95. The van der Waals surface area contributed by atoms with Gasteiger partial charge in [-0.05, 0) is 32.6 Å². The minimum Gasteiger partial charge on any atom is -0.384 e. The maximum absolute atomic E-state index is 12.5. The largest absolute Gasteiger partial charge is 0.384 e. The number of amides is 1. The Morgan fingerprint density at radius 1 is 1.11 bits per heavy atom. The van der Waals surface area contributed by atoms with Crippen molar-refractivity contribution in [2.24, 2.45) is 5.92 Å². The van der Waals surface area contributed by atoms with Crippen LogP contribution >= 0.6 is 0 Å². The number of carbonyl (C=O) groups excluding carboxylic acids is 1. The van der Waals surface area contributed by atoms with E-state index in [4.69, 9.17) is 25.4 Å². The van der Waals surface area contributed by atoms with Crippen molar-refractivity contribution in [3.8, 4) is 11.4 Å². The van der Waals surface area contributed by atoms with Crippen molar-refractivity contribution in [1.29, 1.82) is 0 Å². The van der Waals surface area contributed by atoms with Crippen molar-refractivity contribution in [2.75, 3.05) is 61.5 Å². The average molecular weight is 523 g/mol. The number of aliphatic hydroxyl groups excluding tert-OH is 1. The number of anilines is 3. The first-order valence-electron chi connectivity index (χ1n) is 13.3. The van der Waals surface area contributed by atoms with E-state index in [1.807, 2.05) is 6.92 Å². The molecule has 13 heteroatoms. The lowest BCUT2D eigenvalue weighted by Gasteiger charge is -2.40. The molecule has 0 radical (unpaired) electrons. The van der Waals surface area contributed by atoms with Gasteiger partial charge in [-0.15, -0.1) is 0 Å². The Hall–Kier alpha value is -3.58. The van der Waals surface area contributed by atoms with E-state index in [1.54, 1.807) is 17.3 Å². The Morgan fingerprint density at radius 3 is 2.50 bits per heavy atom. The van der Waals surface area contributed by atoms with Gasteiger partial charge in [0.1, 0.15) is 6.10 Å². The number of piperazine rings is 1. The minimum absolute atomic E-state index is 0.0627. The van der Waals surface area contributed by atoms with Crippen molar-refractivity contribution < 1.29 is 14.6 Å². The van der Waals surface area contributed by atoms with Gasteiger partial charge in [-0.25, -0.2) is 24.9 Å². The van der Waals surface area contributed by atoms with Crippen molar-refractivity contribution in [3.63, 3.8) is 0 Å². The van der Waals surface area contributed by atoms with Crippen LogP contribution in [0.1, 0.15) is 26.7 Å². The van der Waals surface area contributed by atoms with E-state index in [9.17, 15) is 9.90 Å². The summed E-state index contributed by atoms with van der Waals surface area (Å²) in [5.74, 6) is 2.70. The zero-order valence-corrected chi connectivity index (χ0v) is 21.8. The number of nitrogen functional groups attached to an aromatic ring is 1. The van der Waals surface area contributed by atoms with Crippen LogP contribution in [0, 0.1) is 5.92 Å². The number of hydrogen-bond acceptors (Lipinski definition) is 11. The highest BCUT2D eigenvalue weighted by Gasteiger charge is 2.34. The number of rotatable bonds is 6. The average Bonchev–Trinajstić information content (AvgIpc) is 3.68. The number of carbonyl (C=O) groups is 1. The predicted molar refractivity (Wildman–Crippen MR) is 142 cm³/mol. The van der Waals surface area contributed by atoms with Crippen LogP contribution in [-0.4, -0.2) is 103 Å². The van der Waals surface area contributed by atoms with Crippen LogP contribution in [0.25, 0.3) is 22.6 Å². The summed E-state index contributed by atoms with van der Waals surface area (Å²) in [5.41, 5.74) is 7.96. The van der Waals surface area contributed by atoms with Crippen LogP contribution in [0.5, 0.6) is 0 Å². The lowest BCUT2D eigenvalue weighted by molar-refractivity contribution is -0.141. The van der Waals surface area contributed by atoms with Gasteiger partial charge in [0.2, 0.25) is 11.9 Å². The molecule has 202 valence electrons. The Morgan fingerprint density at radius 2 is 1.84 bits per heavy atom. The SMILES string of the molecule is C[C@H](O)C(=O)N1CCN(c2nc3c(N4CCOCC4)nc(-c4cnc(N)nc4)nc3n2CC2CC2)C[C@@H]1C. The quantitative estimate of drug-likeness (QED) is 0.466. The second-order valence-corrected chi connectivity index (χ2v) is 10.4. The summed E-state index contributed by atoms with van der Waals surface area (Å²) in [5, 5.41) is 9.84. The summed E-state index contributed by atoms with van der Waals surface area (Å²) in [4.78, 5) is 42.1. The molecule has 0 bridgehead atoms. The molecule has 3 aliphatic rings. The van der Waals surface area contributed by atoms with Gasteiger partial charge in [-0.2, -0.15) is 0 Å². The maximum Gasteiger partial charge on any atom is 0.251 e. The van der Waals surface area contributed by atoms with Gasteiger partial charge in [0.05, 0.1) is 18.8 Å². The van der Waals surface area contributed by atoms with E-state index < -0.39 is 6.10 Å². The molecule has 1 saturated carbocycles. The zero-order valence-electron chi connectivity index (χ0n) is 21.8. The maximum atomic E-state index is 12.5. The van der Waals surface area contributed by atoms with E-state index >= 15 is 0 Å². The smallest absolute Gasteiger partial charge is 0.251 e. The van der Waals surface area contributed by atoms with Crippen LogP contribution in [-0.2, 0) is 16.1 Å². The molecule has 1 amide bonds. The van der Waals surface area contributed by atoms with E-state index in [0.717, 1.165) is 29.5 Å². The minimum atomic E-state index is -1.01. The monoisotopic (exact) mass is 522 g/mol. The summed E-state index contributed by atoms with van der Waals surface area (Å²) in [6, 6.07) is -0.0627. The number of imidazole rings is 1. The number of nitrogens with zero attached hydrogens (tertiary/aromatic N) is 9. The van der Waals surface area contributed by atoms with Crippen LogP contribution in [0.2, 0.25) is 0 Å². The van der Waals surface area contributed by atoms with Gasteiger partial charge in [0, 0.05) is 57.7 Å². The van der Waals surface area contributed by atoms with E-state index in [-0.39, 0.29) is 17.9 Å². The summed E-state index contributed by atoms with van der Waals surface area (Å²) in [7, 11) is 0. The third-order valence-electron chi connectivity index (χ3n) is 7.49. The Balaban J connectivity index is 1.45. The van der Waals surface area contributed by atoms with Gasteiger partial charge in [0.25, 0.3) is 5.91 Å². The molecule has 3 N–H and O–H groups in total. The van der Waals surface area contributed by atoms with Crippen LogP contribution in [0.15, 0.2) is 12.4 Å². The number of aromatic nitrogens is 6. The number of nitrogens with two attached hydrogens (primary N) is 1. The molecule has 0 aromatic carbocycles. The Bertz CT molecular complexity index is 1320. The lowest BCUT2D eigenvalue weighted by atomic mass is 10.1. The van der Waals surface area contributed by atoms with Crippen molar-refractivity contribution in [2.45, 2.75) is 45.4 Å². The highest BCUT2D eigenvalue weighted by Crippen LogP contribution is 2.37. The third-order valence-corrected chi connectivity index (χ3v) is 7.49. The van der Waals surface area contributed by atoms with Crippen LogP contribution < -0.4 is 15.5 Å². The summed E-state index contributed by atoms with van der Waals surface area (Å²) >= 11 is 0. The molecule has 2 saturated heterocycles. The fourth-order valence-electron chi connectivity index (χ4n) is 5.23. The highest BCUT2D eigenvalue weighted by atomic mass is 16.5. The number of fused-ring (bicyclic) bond motifs is 1. The van der Waals surface area contributed by atoms with E-state index in [2.05, 4.69) is 24.3 Å². The first-order chi connectivity index (χ1) is 18.4. The van der Waals surface area contributed by atoms with Crippen molar-refractivity contribution in [1.82, 2.24) is 34.4 Å². The van der Waals surface area contributed by atoms with Gasteiger partial charge in [0.15, 0.2) is 22.8 Å². The molecule has 6 rings (SSSR count). The summed E-state index contributed by atoms with van der Waals surface area (Å²) < 4.78 is 7.82. The standard InChI is InChI=1S/C25H34N10O3/c1-15-13-33(5-6-34(15)23(37)16(2)36)25-29-19-21(32-7-9-38-10-8-32)30-20(18-11-27-24(26)28-12-18)31-22(19)35(25)14-17-3-4-17/h11-12,15-17,36H,3-10,13-14H2,1-2H3,(H2,26,27,28)/t15-,16-/m0/s1. The van der Waals surface area contributed by atoms with Gasteiger partial charge in [-0.3, -0.25) is 9.36 Å². The van der Waals surface area contributed by atoms with E-state index in [0.29, 0.717) is 63.2 Å². The molecule has 0 unspecified atom stereocenters. The van der Waals surface area contributed by atoms with Crippen LogP contribution in [0.4, 0.5) is 17.7 Å². The molecule has 13 nitrogen and oxygen atoms in total. The third kappa shape index (κ3) is 4.71. The Kier molecular flexibility index (Phi) is 6.48. The molecule has 2 aliphatic heterocycles. The molecule has 0 spiro atoms. The molecule has 3 fully saturated rings. The van der Waals surface area contributed by atoms with Gasteiger partial charge >= 0.3 is 0 Å². The first-order valence-corrected chi connectivity index (χ1v) is 13.3. The molecule has 3 aromatic heterocycles. The number of hydrogen-bond donors (Lipinski definition) is 2. The molecular weight excluding hydrogens is 488 g/mol. The molecular formula is C25H34N10O3. The van der Waals surface area contributed by atoms with Crippen molar-refractivity contribution in [3.05, 3.63) is 12.4 Å². The van der Waals surface area contributed by atoms with Crippen LogP contribution in [0.3, 0.4) is 0 Å². The molecule has 1 aliphatic carbocycles. The predicted octanol–water partition coefficient (Wildman–Crippen LogP) is 0.530. The fourth-order valence-corrected chi connectivity index (χ4v) is 5.23. The second-order valence-electron chi connectivity index (χ2n) is 10.4. The first kappa shape index (κ1) is 24.7. The zero-order chi connectivity index (χ0) is 26.4. The number of morpholine rings is 1. The topological polar surface area (TPSA) is 152 Å². The number of aliphatic hydroxyl groups is 1. The molecule has 5 heterocycles. The Labute approximate surface area is 220 Å². The highest BCUT2D eigenvalue weighted by molar-refractivity contribution is 5.88. The van der Waals surface area contributed by atoms with Crippen molar-refractivity contribution >= 4 is 34.8 Å². The molecule has 38 heavy (non-hydrogen) atoms. The fraction of sp³-hybridized carbons (Fsp3) is 0.600. The number of ether oxygens (including phenoxy) is 1. The molecule has 2 atom stereocenters. The molecule has 3 aromatic rings. The van der Waals surface area contributed by atoms with Gasteiger partial charge in [-0.1, -0.05) is 0 Å². The summed E-state index contributed by atoms with van der Waals surface area (Å²) in [6.45, 7) is 8.79. The lowest BCUT2D eigenvalue weighted by Crippen LogP contribution is -2.56. The van der Waals surface area contributed by atoms with E-state index in [1.165, 1.54) is 19.8 Å².